The highest BCUT2D eigenvalue weighted by Gasteiger charge is 2.27. The number of rotatable bonds is 3. The quantitative estimate of drug-likeness (QED) is 0.805. The number of aromatic nitrogens is 2. The standard InChI is InChI=1S/C14H14ClN3O/c15-11-8-14(19)18(9-11)6-3-10-1-2-12-13(7-10)17-5-4-16-12/h1-2,4-5,7,11H,3,6,8-9H2. The number of carbonyl (C=O) groups excluding carboxylic acids is 1. The van der Waals surface area contributed by atoms with Gasteiger partial charge < -0.3 is 4.90 Å². The molecule has 0 N–H and O–H groups in total. The van der Waals surface area contributed by atoms with E-state index in [1.165, 1.54) is 5.56 Å². The van der Waals surface area contributed by atoms with E-state index in [0.717, 1.165) is 17.5 Å². The fourth-order valence-electron chi connectivity index (χ4n) is 2.37. The molecular formula is C14H14ClN3O. The number of halogens is 1. The Morgan fingerprint density at radius 1 is 1.26 bits per heavy atom. The largest absolute Gasteiger partial charge is 0.341 e. The highest BCUT2D eigenvalue weighted by atomic mass is 35.5. The van der Waals surface area contributed by atoms with Gasteiger partial charge in [-0.1, -0.05) is 6.07 Å². The molecule has 2 heterocycles. The summed E-state index contributed by atoms with van der Waals surface area (Å²) in [6.07, 6.45) is 4.66. The number of alkyl halides is 1. The maximum Gasteiger partial charge on any atom is 0.224 e. The Labute approximate surface area is 116 Å². The van der Waals surface area contributed by atoms with E-state index in [1.54, 1.807) is 12.4 Å². The third-order valence-electron chi connectivity index (χ3n) is 3.37. The molecule has 1 fully saturated rings. The van der Waals surface area contributed by atoms with Crippen molar-refractivity contribution in [1.29, 1.82) is 0 Å². The second kappa shape index (κ2) is 5.13. The number of hydrogen-bond donors (Lipinski definition) is 0. The molecule has 1 amide bonds. The predicted octanol–water partition coefficient (Wildman–Crippen LogP) is 2.01. The predicted molar refractivity (Wildman–Crippen MR) is 74.1 cm³/mol. The van der Waals surface area contributed by atoms with Gasteiger partial charge in [-0.2, -0.15) is 0 Å². The van der Waals surface area contributed by atoms with Crippen molar-refractivity contribution in [2.24, 2.45) is 0 Å². The fourth-order valence-corrected chi connectivity index (χ4v) is 2.67. The van der Waals surface area contributed by atoms with Gasteiger partial charge in [-0.15, -0.1) is 11.6 Å². The summed E-state index contributed by atoms with van der Waals surface area (Å²) in [6.45, 7) is 1.38. The first-order valence-electron chi connectivity index (χ1n) is 6.34. The maximum absolute atomic E-state index is 11.6. The van der Waals surface area contributed by atoms with Crippen molar-refractivity contribution in [3.8, 4) is 0 Å². The SMILES string of the molecule is O=C1CC(Cl)CN1CCc1ccc2nccnc2c1. The van der Waals surface area contributed by atoms with Gasteiger partial charge in [0.15, 0.2) is 0 Å². The second-order valence-corrected chi connectivity index (χ2v) is 5.39. The van der Waals surface area contributed by atoms with Gasteiger partial charge in [-0.25, -0.2) is 0 Å². The van der Waals surface area contributed by atoms with E-state index in [1.807, 2.05) is 23.1 Å². The molecule has 98 valence electrons. The lowest BCUT2D eigenvalue weighted by Gasteiger charge is -2.15. The van der Waals surface area contributed by atoms with Gasteiger partial charge in [0, 0.05) is 31.9 Å². The molecule has 1 aliphatic heterocycles. The van der Waals surface area contributed by atoms with Gasteiger partial charge in [0.1, 0.15) is 0 Å². The molecular weight excluding hydrogens is 262 g/mol. The first-order chi connectivity index (χ1) is 9.22. The zero-order valence-electron chi connectivity index (χ0n) is 10.4. The van der Waals surface area contributed by atoms with Crippen LogP contribution in [0.5, 0.6) is 0 Å². The van der Waals surface area contributed by atoms with Gasteiger partial charge >= 0.3 is 0 Å². The van der Waals surface area contributed by atoms with E-state index in [0.29, 0.717) is 19.5 Å². The molecule has 4 nitrogen and oxygen atoms in total. The van der Waals surface area contributed by atoms with Gasteiger partial charge in [0.05, 0.1) is 16.4 Å². The lowest BCUT2D eigenvalue weighted by atomic mass is 10.1. The molecule has 0 aliphatic carbocycles. The summed E-state index contributed by atoms with van der Waals surface area (Å²) in [4.78, 5) is 22.0. The van der Waals surface area contributed by atoms with Crippen molar-refractivity contribution in [3.63, 3.8) is 0 Å². The molecule has 0 saturated carbocycles. The van der Waals surface area contributed by atoms with Gasteiger partial charge in [-0.05, 0) is 24.1 Å². The molecule has 1 aromatic carbocycles. The van der Waals surface area contributed by atoms with Gasteiger partial charge in [-0.3, -0.25) is 14.8 Å². The summed E-state index contributed by atoms with van der Waals surface area (Å²) in [7, 11) is 0. The minimum Gasteiger partial charge on any atom is -0.341 e. The first kappa shape index (κ1) is 12.4. The van der Waals surface area contributed by atoms with Crippen molar-refractivity contribution in [2.45, 2.75) is 18.2 Å². The van der Waals surface area contributed by atoms with E-state index < -0.39 is 0 Å². The summed E-state index contributed by atoms with van der Waals surface area (Å²) < 4.78 is 0. The molecule has 1 aromatic heterocycles. The molecule has 0 spiro atoms. The number of nitrogens with zero attached hydrogens (tertiary/aromatic N) is 3. The lowest BCUT2D eigenvalue weighted by molar-refractivity contribution is -0.127. The Kier molecular flexibility index (Phi) is 3.34. The van der Waals surface area contributed by atoms with Crippen LogP contribution in [0.25, 0.3) is 11.0 Å². The van der Waals surface area contributed by atoms with Crippen LogP contribution in [0.2, 0.25) is 0 Å². The topological polar surface area (TPSA) is 46.1 Å². The minimum absolute atomic E-state index is 0.0324. The van der Waals surface area contributed by atoms with Crippen LogP contribution < -0.4 is 0 Å². The average Bonchev–Trinajstić information content (AvgIpc) is 2.74. The Morgan fingerprint density at radius 3 is 2.79 bits per heavy atom. The summed E-state index contributed by atoms with van der Waals surface area (Å²) in [5, 5.41) is -0.0324. The Hall–Kier alpha value is -1.68. The summed E-state index contributed by atoms with van der Waals surface area (Å²) in [6, 6.07) is 6.03. The lowest BCUT2D eigenvalue weighted by Crippen LogP contribution is -2.27. The van der Waals surface area contributed by atoms with E-state index in [9.17, 15) is 4.79 Å². The highest BCUT2D eigenvalue weighted by molar-refractivity contribution is 6.22. The van der Waals surface area contributed by atoms with E-state index in [-0.39, 0.29) is 11.3 Å². The van der Waals surface area contributed by atoms with Crippen molar-refractivity contribution >= 4 is 28.5 Å². The zero-order chi connectivity index (χ0) is 13.2. The molecule has 1 unspecified atom stereocenters. The van der Waals surface area contributed by atoms with Gasteiger partial charge in [0.2, 0.25) is 5.91 Å². The monoisotopic (exact) mass is 275 g/mol. The normalized spacial score (nSPS) is 19.3. The number of hydrogen-bond acceptors (Lipinski definition) is 3. The molecule has 1 saturated heterocycles. The zero-order valence-corrected chi connectivity index (χ0v) is 11.2. The summed E-state index contributed by atoms with van der Waals surface area (Å²) in [5.74, 6) is 0.153. The average molecular weight is 276 g/mol. The third kappa shape index (κ3) is 2.68. The summed E-state index contributed by atoms with van der Waals surface area (Å²) in [5.41, 5.74) is 2.95. The molecule has 1 atom stereocenters. The maximum atomic E-state index is 11.6. The van der Waals surface area contributed by atoms with Gasteiger partial charge in [0.25, 0.3) is 0 Å². The minimum atomic E-state index is -0.0324. The fraction of sp³-hybridized carbons (Fsp3) is 0.357. The molecule has 5 heteroatoms. The molecule has 19 heavy (non-hydrogen) atoms. The highest BCUT2D eigenvalue weighted by Crippen LogP contribution is 2.17. The van der Waals surface area contributed by atoms with Crippen molar-refractivity contribution in [2.75, 3.05) is 13.1 Å². The van der Waals surface area contributed by atoms with E-state index in [4.69, 9.17) is 11.6 Å². The molecule has 0 bridgehead atoms. The first-order valence-corrected chi connectivity index (χ1v) is 6.77. The third-order valence-corrected chi connectivity index (χ3v) is 3.66. The number of likely N-dealkylation sites (tertiary alicyclic amines) is 1. The van der Waals surface area contributed by atoms with Crippen LogP contribution in [0.1, 0.15) is 12.0 Å². The summed E-state index contributed by atoms with van der Waals surface area (Å²) >= 11 is 5.98. The second-order valence-electron chi connectivity index (χ2n) is 4.77. The Morgan fingerprint density at radius 2 is 2.05 bits per heavy atom. The smallest absolute Gasteiger partial charge is 0.224 e. The number of benzene rings is 1. The van der Waals surface area contributed by atoms with Crippen LogP contribution in [0.4, 0.5) is 0 Å². The van der Waals surface area contributed by atoms with Crippen LogP contribution in [0.3, 0.4) is 0 Å². The van der Waals surface area contributed by atoms with E-state index in [2.05, 4.69) is 9.97 Å². The van der Waals surface area contributed by atoms with Crippen molar-refractivity contribution in [1.82, 2.24) is 14.9 Å². The molecule has 2 aromatic rings. The van der Waals surface area contributed by atoms with Crippen molar-refractivity contribution in [3.05, 3.63) is 36.2 Å². The van der Waals surface area contributed by atoms with Crippen LogP contribution >= 0.6 is 11.6 Å². The molecule has 0 radical (unpaired) electrons. The van der Waals surface area contributed by atoms with Crippen LogP contribution in [-0.4, -0.2) is 39.2 Å². The number of fused-ring (bicyclic) bond motifs is 1. The van der Waals surface area contributed by atoms with Crippen molar-refractivity contribution < 1.29 is 4.79 Å². The Bertz CT molecular complexity index is 616. The number of amides is 1. The Balaban J connectivity index is 1.70. The van der Waals surface area contributed by atoms with E-state index >= 15 is 0 Å². The van der Waals surface area contributed by atoms with Crippen LogP contribution in [-0.2, 0) is 11.2 Å². The molecule has 3 rings (SSSR count). The van der Waals surface area contributed by atoms with Crippen LogP contribution in [0, 0.1) is 0 Å². The number of carbonyl (C=O) groups is 1. The molecule has 1 aliphatic rings. The van der Waals surface area contributed by atoms with Crippen LogP contribution in [0.15, 0.2) is 30.6 Å².